The first-order valence-electron chi connectivity index (χ1n) is 6.55. The van der Waals surface area contributed by atoms with E-state index in [4.69, 9.17) is 17.0 Å². The van der Waals surface area contributed by atoms with Crippen molar-refractivity contribution in [2.24, 2.45) is 0 Å². The van der Waals surface area contributed by atoms with E-state index in [2.05, 4.69) is 10.6 Å². The van der Waals surface area contributed by atoms with Crippen LogP contribution < -0.4 is 10.6 Å². The molecule has 1 heterocycles. The minimum Gasteiger partial charge on any atom is -0.463 e. The standard InChI is InChI=1S/C15H18N2O2S/c1-4-19-14(18)12-10(3)16-15(20)17-13(12)11-7-5-9(2)6-8-11/h5-8,13H,4H2,1-3H3,(H2,16,17,20)/t13-/m0/s1. The first kappa shape index (κ1) is 14.5. The van der Waals surface area contributed by atoms with Gasteiger partial charge in [0.05, 0.1) is 18.2 Å². The third-order valence-corrected chi connectivity index (χ3v) is 3.40. The van der Waals surface area contributed by atoms with E-state index in [1.165, 1.54) is 5.56 Å². The summed E-state index contributed by atoms with van der Waals surface area (Å²) in [6.45, 7) is 6.00. The van der Waals surface area contributed by atoms with Gasteiger partial charge in [-0.1, -0.05) is 29.8 Å². The second kappa shape index (κ2) is 6.05. The van der Waals surface area contributed by atoms with Gasteiger partial charge in [-0.3, -0.25) is 0 Å². The van der Waals surface area contributed by atoms with Crippen LogP contribution in [0.3, 0.4) is 0 Å². The molecule has 0 spiro atoms. The molecule has 0 amide bonds. The van der Waals surface area contributed by atoms with Crippen LogP contribution in [-0.4, -0.2) is 17.7 Å². The summed E-state index contributed by atoms with van der Waals surface area (Å²) >= 11 is 5.18. The summed E-state index contributed by atoms with van der Waals surface area (Å²) in [5, 5.41) is 6.63. The highest BCUT2D eigenvalue weighted by molar-refractivity contribution is 7.80. The number of benzene rings is 1. The highest BCUT2D eigenvalue weighted by Crippen LogP contribution is 2.27. The molecule has 0 bridgehead atoms. The molecular formula is C15H18N2O2S. The van der Waals surface area contributed by atoms with E-state index in [-0.39, 0.29) is 12.0 Å². The summed E-state index contributed by atoms with van der Waals surface area (Å²) in [4.78, 5) is 12.2. The van der Waals surface area contributed by atoms with Crippen LogP contribution in [0.2, 0.25) is 0 Å². The van der Waals surface area contributed by atoms with Crippen molar-refractivity contribution >= 4 is 23.3 Å². The van der Waals surface area contributed by atoms with Crippen molar-refractivity contribution in [1.29, 1.82) is 0 Å². The summed E-state index contributed by atoms with van der Waals surface area (Å²) in [7, 11) is 0. The first-order valence-corrected chi connectivity index (χ1v) is 6.95. The molecule has 5 heteroatoms. The molecule has 2 rings (SSSR count). The Kier molecular flexibility index (Phi) is 4.39. The normalized spacial score (nSPS) is 18.4. The fourth-order valence-electron chi connectivity index (χ4n) is 2.18. The van der Waals surface area contributed by atoms with E-state index in [1.807, 2.05) is 38.1 Å². The molecule has 0 fully saturated rings. The lowest BCUT2D eigenvalue weighted by molar-refractivity contribution is -0.139. The molecule has 0 aromatic heterocycles. The van der Waals surface area contributed by atoms with Crippen molar-refractivity contribution < 1.29 is 9.53 Å². The van der Waals surface area contributed by atoms with E-state index in [0.29, 0.717) is 17.3 Å². The van der Waals surface area contributed by atoms with Crippen molar-refractivity contribution in [2.45, 2.75) is 26.8 Å². The monoisotopic (exact) mass is 290 g/mol. The number of carbonyl (C=O) groups is 1. The Morgan fingerprint density at radius 3 is 2.55 bits per heavy atom. The Labute approximate surface area is 124 Å². The van der Waals surface area contributed by atoms with Gasteiger partial charge in [0.15, 0.2) is 5.11 Å². The van der Waals surface area contributed by atoms with Crippen LogP contribution in [0.4, 0.5) is 0 Å². The maximum atomic E-state index is 12.2. The molecule has 1 aliphatic rings. The van der Waals surface area contributed by atoms with E-state index in [9.17, 15) is 4.79 Å². The molecular weight excluding hydrogens is 272 g/mol. The molecule has 20 heavy (non-hydrogen) atoms. The topological polar surface area (TPSA) is 50.4 Å². The van der Waals surface area contributed by atoms with E-state index < -0.39 is 0 Å². The highest BCUT2D eigenvalue weighted by Gasteiger charge is 2.30. The van der Waals surface area contributed by atoms with Gasteiger partial charge >= 0.3 is 5.97 Å². The van der Waals surface area contributed by atoms with Gasteiger partial charge in [-0.15, -0.1) is 0 Å². The molecule has 0 radical (unpaired) electrons. The van der Waals surface area contributed by atoms with E-state index in [1.54, 1.807) is 6.92 Å². The third-order valence-electron chi connectivity index (χ3n) is 3.18. The fraction of sp³-hybridized carbons (Fsp3) is 0.333. The lowest BCUT2D eigenvalue weighted by atomic mass is 9.95. The minimum absolute atomic E-state index is 0.275. The minimum atomic E-state index is -0.321. The molecule has 0 saturated carbocycles. The number of nitrogens with one attached hydrogen (secondary N) is 2. The zero-order valence-corrected chi connectivity index (χ0v) is 12.6. The van der Waals surface area contributed by atoms with E-state index >= 15 is 0 Å². The first-order chi connectivity index (χ1) is 9.52. The van der Waals surface area contributed by atoms with E-state index in [0.717, 1.165) is 11.3 Å². The Morgan fingerprint density at radius 1 is 1.30 bits per heavy atom. The number of carbonyl (C=O) groups excluding carboxylic acids is 1. The molecule has 0 aliphatic carbocycles. The Bertz CT molecular complexity index is 564. The molecule has 1 aromatic carbocycles. The highest BCUT2D eigenvalue weighted by atomic mass is 32.1. The van der Waals surface area contributed by atoms with Crippen molar-refractivity contribution in [3.8, 4) is 0 Å². The molecule has 2 N–H and O–H groups in total. The molecule has 0 unspecified atom stereocenters. The quantitative estimate of drug-likeness (QED) is 0.661. The second-order valence-corrected chi connectivity index (χ2v) is 5.11. The van der Waals surface area contributed by atoms with Crippen molar-refractivity contribution in [3.05, 3.63) is 46.7 Å². The number of thiocarbonyl (C=S) groups is 1. The third kappa shape index (κ3) is 2.99. The summed E-state index contributed by atoms with van der Waals surface area (Å²) < 4.78 is 5.14. The smallest absolute Gasteiger partial charge is 0.338 e. The Balaban J connectivity index is 2.41. The van der Waals surface area contributed by atoms with Crippen LogP contribution >= 0.6 is 12.2 Å². The molecule has 106 valence electrons. The second-order valence-electron chi connectivity index (χ2n) is 4.70. The number of rotatable bonds is 3. The molecule has 1 atom stereocenters. The van der Waals surface area contributed by atoms with Crippen LogP contribution in [0.5, 0.6) is 0 Å². The number of allylic oxidation sites excluding steroid dienone is 1. The summed E-state index contributed by atoms with van der Waals surface area (Å²) in [6, 6.07) is 7.74. The Hall–Kier alpha value is -1.88. The predicted molar refractivity (Wildman–Crippen MR) is 82.1 cm³/mol. The van der Waals surface area contributed by atoms with Gasteiger partial charge in [-0.25, -0.2) is 4.79 Å². The van der Waals surface area contributed by atoms with Gasteiger partial charge in [0.25, 0.3) is 0 Å². The summed E-state index contributed by atoms with van der Waals surface area (Å²) in [5.74, 6) is -0.321. The van der Waals surface area contributed by atoms with Crippen LogP contribution in [-0.2, 0) is 9.53 Å². The largest absolute Gasteiger partial charge is 0.463 e. The molecule has 0 saturated heterocycles. The van der Waals surface area contributed by atoms with Gasteiger partial charge in [0.1, 0.15) is 0 Å². The number of aryl methyl sites for hydroxylation is 1. The molecule has 4 nitrogen and oxygen atoms in total. The molecule has 1 aliphatic heterocycles. The zero-order chi connectivity index (χ0) is 14.7. The van der Waals surface area contributed by atoms with Crippen LogP contribution in [0.25, 0.3) is 0 Å². The Morgan fingerprint density at radius 2 is 1.95 bits per heavy atom. The van der Waals surface area contributed by atoms with Gasteiger partial charge in [0, 0.05) is 5.70 Å². The number of ether oxygens (including phenoxy) is 1. The van der Waals surface area contributed by atoms with Crippen molar-refractivity contribution in [3.63, 3.8) is 0 Å². The lowest BCUT2D eigenvalue weighted by Crippen LogP contribution is -2.45. The predicted octanol–water partition coefficient (Wildman–Crippen LogP) is 2.35. The number of hydrogen-bond donors (Lipinski definition) is 2. The van der Waals surface area contributed by atoms with Gasteiger partial charge in [0.2, 0.25) is 0 Å². The fourth-order valence-corrected chi connectivity index (χ4v) is 2.45. The number of esters is 1. The van der Waals surface area contributed by atoms with Crippen molar-refractivity contribution in [2.75, 3.05) is 6.61 Å². The van der Waals surface area contributed by atoms with Gasteiger partial charge < -0.3 is 15.4 Å². The molecule has 1 aromatic rings. The SMILES string of the molecule is CCOC(=O)C1=C(C)NC(=S)N[C@H]1c1ccc(C)cc1. The number of hydrogen-bond acceptors (Lipinski definition) is 3. The van der Waals surface area contributed by atoms with Crippen LogP contribution in [0.1, 0.15) is 31.0 Å². The van der Waals surface area contributed by atoms with Crippen LogP contribution in [0, 0.1) is 6.92 Å². The average molecular weight is 290 g/mol. The summed E-state index contributed by atoms with van der Waals surface area (Å²) in [5.41, 5.74) is 3.47. The zero-order valence-electron chi connectivity index (χ0n) is 11.8. The van der Waals surface area contributed by atoms with Crippen LogP contribution in [0.15, 0.2) is 35.5 Å². The maximum Gasteiger partial charge on any atom is 0.338 e. The van der Waals surface area contributed by atoms with Gasteiger partial charge in [-0.05, 0) is 38.6 Å². The van der Waals surface area contributed by atoms with Crippen molar-refractivity contribution in [1.82, 2.24) is 10.6 Å². The lowest BCUT2D eigenvalue weighted by Gasteiger charge is -2.29. The average Bonchev–Trinajstić information content (AvgIpc) is 2.38. The maximum absolute atomic E-state index is 12.2. The van der Waals surface area contributed by atoms with Gasteiger partial charge in [-0.2, -0.15) is 0 Å². The summed E-state index contributed by atoms with van der Waals surface area (Å²) in [6.07, 6.45) is 0.